The third-order valence-corrected chi connectivity index (χ3v) is 4.86. The Labute approximate surface area is 167 Å². The second-order valence-corrected chi connectivity index (χ2v) is 6.81. The Hall–Kier alpha value is -2.73. The van der Waals surface area contributed by atoms with Crippen LogP contribution in [-0.4, -0.2) is 58.2 Å². The van der Waals surface area contributed by atoms with E-state index in [9.17, 15) is 0 Å². The highest BCUT2D eigenvalue weighted by Gasteiger charge is 2.18. The first-order chi connectivity index (χ1) is 13.6. The number of rotatable bonds is 6. The summed E-state index contributed by atoms with van der Waals surface area (Å²) >= 11 is 0. The molecule has 3 rings (SSSR count). The van der Waals surface area contributed by atoms with Gasteiger partial charge in [-0.2, -0.15) is 0 Å². The smallest absolute Gasteiger partial charge is 0.203 e. The Balaban J connectivity index is 1.96. The summed E-state index contributed by atoms with van der Waals surface area (Å²) in [4.78, 5) is 7.32. The minimum atomic E-state index is 0.605. The Morgan fingerprint density at radius 2 is 1.57 bits per heavy atom. The molecule has 1 aliphatic rings. The molecule has 1 fully saturated rings. The second kappa shape index (κ2) is 9.46. The van der Waals surface area contributed by atoms with Gasteiger partial charge in [-0.15, -0.1) is 0 Å². The molecule has 0 bridgehead atoms. The van der Waals surface area contributed by atoms with Crippen molar-refractivity contribution in [1.82, 2.24) is 10.2 Å². The number of piperazine rings is 1. The Kier molecular flexibility index (Phi) is 6.76. The molecule has 1 saturated heterocycles. The number of aliphatic imine (C=N–C) groups is 1. The van der Waals surface area contributed by atoms with Crippen LogP contribution in [0.2, 0.25) is 0 Å². The van der Waals surface area contributed by atoms with Crippen LogP contribution in [0.15, 0.2) is 41.4 Å². The lowest BCUT2D eigenvalue weighted by Crippen LogP contribution is -2.47. The fraction of sp³-hybridized carbons (Fsp3) is 0.409. The van der Waals surface area contributed by atoms with Crippen LogP contribution >= 0.6 is 0 Å². The summed E-state index contributed by atoms with van der Waals surface area (Å²) in [7, 11) is 4.89. The highest BCUT2D eigenvalue weighted by molar-refractivity contribution is 5.87. The summed E-state index contributed by atoms with van der Waals surface area (Å²) in [6.07, 6.45) is 0.685. The molecule has 2 aromatic rings. The molecule has 0 unspecified atom stereocenters. The first-order valence-corrected chi connectivity index (χ1v) is 9.53. The number of nitrogens with zero attached hydrogens (tertiary/aromatic N) is 2. The van der Waals surface area contributed by atoms with Crippen LogP contribution in [0.1, 0.15) is 11.1 Å². The molecule has 2 aromatic carbocycles. The van der Waals surface area contributed by atoms with E-state index in [1.807, 2.05) is 12.1 Å². The second-order valence-electron chi connectivity index (χ2n) is 6.81. The molecule has 0 aliphatic carbocycles. The molecule has 1 heterocycles. The monoisotopic (exact) mass is 383 g/mol. The lowest BCUT2D eigenvalue weighted by molar-refractivity contribution is 0.323. The SMILES string of the molecule is COc1cc(CC(=Nc2ccc(C)cc2)N2CCNCC2)cc(OC)c1OC. The van der Waals surface area contributed by atoms with Crippen LogP contribution in [0.3, 0.4) is 0 Å². The summed E-state index contributed by atoms with van der Waals surface area (Å²) in [6, 6.07) is 12.3. The van der Waals surface area contributed by atoms with Gasteiger partial charge in [-0.05, 0) is 36.8 Å². The number of amidine groups is 1. The molecular formula is C22H29N3O3. The zero-order chi connectivity index (χ0) is 19.9. The standard InChI is InChI=1S/C22H29N3O3/c1-16-5-7-18(8-6-16)24-21(25-11-9-23-10-12-25)15-17-13-19(26-2)22(28-4)20(14-17)27-3/h5-8,13-14,23H,9-12,15H2,1-4H3. The van der Waals surface area contributed by atoms with Gasteiger partial charge in [0.05, 0.1) is 27.0 Å². The van der Waals surface area contributed by atoms with E-state index in [4.69, 9.17) is 19.2 Å². The number of benzene rings is 2. The van der Waals surface area contributed by atoms with E-state index in [0.717, 1.165) is 43.3 Å². The molecule has 0 amide bonds. The van der Waals surface area contributed by atoms with Crippen molar-refractivity contribution >= 4 is 11.5 Å². The molecule has 0 aromatic heterocycles. The first kappa shape index (κ1) is 20.0. The molecule has 6 nitrogen and oxygen atoms in total. The largest absolute Gasteiger partial charge is 0.493 e. The van der Waals surface area contributed by atoms with Crippen LogP contribution in [0.25, 0.3) is 0 Å². The van der Waals surface area contributed by atoms with Gasteiger partial charge in [-0.3, -0.25) is 0 Å². The number of methoxy groups -OCH3 is 3. The highest BCUT2D eigenvalue weighted by atomic mass is 16.5. The molecule has 150 valence electrons. The summed E-state index contributed by atoms with van der Waals surface area (Å²) in [5, 5.41) is 3.40. The summed E-state index contributed by atoms with van der Waals surface area (Å²) in [5.74, 6) is 2.96. The van der Waals surface area contributed by atoms with Gasteiger partial charge in [-0.1, -0.05) is 17.7 Å². The van der Waals surface area contributed by atoms with Gasteiger partial charge in [0.1, 0.15) is 5.84 Å². The van der Waals surface area contributed by atoms with Crippen LogP contribution in [-0.2, 0) is 6.42 Å². The fourth-order valence-corrected chi connectivity index (χ4v) is 3.33. The third kappa shape index (κ3) is 4.75. The van der Waals surface area contributed by atoms with Crippen molar-refractivity contribution in [2.45, 2.75) is 13.3 Å². The van der Waals surface area contributed by atoms with Gasteiger partial charge < -0.3 is 24.4 Å². The van der Waals surface area contributed by atoms with Gasteiger partial charge in [-0.25, -0.2) is 4.99 Å². The van der Waals surface area contributed by atoms with E-state index in [1.54, 1.807) is 21.3 Å². The zero-order valence-corrected chi connectivity index (χ0v) is 17.1. The first-order valence-electron chi connectivity index (χ1n) is 9.53. The van der Waals surface area contributed by atoms with Crippen LogP contribution in [0.5, 0.6) is 17.2 Å². The van der Waals surface area contributed by atoms with E-state index in [1.165, 1.54) is 5.56 Å². The molecule has 28 heavy (non-hydrogen) atoms. The molecule has 1 N–H and O–H groups in total. The maximum atomic E-state index is 5.51. The van der Waals surface area contributed by atoms with Crippen molar-refractivity contribution in [3.8, 4) is 17.2 Å². The third-order valence-electron chi connectivity index (χ3n) is 4.86. The van der Waals surface area contributed by atoms with Gasteiger partial charge in [0, 0.05) is 32.6 Å². The van der Waals surface area contributed by atoms with Crippen LogP contribution in [0.4, 0.5) is 5.69 Å². The Bertz CT molecular complexity index is 787. The lowest BCUT2D eigenvalue weighted by atomic mass is 10.1. The van der Waals surface area contributed by atoms with Crippen molar-refractivity contribution in [2.75, 3.05) is 47.5 Å². The molecular weight excluding hydrogens is 354 g/mol. The lowest BCUT2D eigenvalue weighted by Gasteiger charge is -2.30. The van der Waals surface area contributed by atoms with E-state index in [0.29, 0.717) is 23.7 Å². The highest BCUT2D eigenvalue weighted by Crippen LogP contribution is 2.38. The molecule has 1 aliphatic heterocycles. The van der Waals surface area contributed by atoms with Gasteiger partial charge in [0.2, 0.25) is 5.75 Å². The van der Waals surface area contributed by atoms with Crippen molar-refractivity contribution < 1.29 is 14.2 Å². The number of ether oxygens (including phenoxy) is 3. The van der Waals surface area contributed by atoms with Crippen LogP contribution in [0, 0.1) is 6.92 Å². The van der Waals surface area contributed by atoms with Gasteiger partial charge in [0.25, 0.3) is 0 Å². The molecule has 0 radical (unpaired) electrons. The Morgan fingerprint density at radius 1 is 0.964 bits per heavy atom. The molecule has 6 heteroatoms. The van der Waals surface area contributed by atoms with Gasteiger partial charge >= 0.3 is 0 Å². The predicted octanol–water partition coefficient (Wildman–Crippen LogP) is 3.20. The predicted molar refractivity (Wildman–Crippen MR) is 113 cm³/mol. The zero-order valence-electron chi connectivity index (χ0n) is 17.1. The van der Waals surface area contributed by atoms with Crippen molar-refractivity contribution in [2.24, 2.45) is 4.99 Å². The van der Waals surface area contributed by atoms with E-state index >= 15 is 0 Å². The molecule has 0 saturated carbocycles. The number of nitrogens with one attached hydrogen (secondary N) is 1. The average molecular weight is 383 g/mol. The van der Waals surface area contributed by atoms with Crippen molar-refractivity contribution in [3.05, 3.63) is 47.5 Å². The molecule has 0 atom stereocenters. The topological polar surface area (TPSA) is 55.3 Å². The summed E-state index contributed by atoms with van der Waals surface area (Å²) in [6.45, 7) is 5.88. The number of aryl methyl sites for hydroxylation is 1. The van der Waals surface area contributed by atoms with Gasteiger partial charge in [0.15, 0.2) is 11.5 Å². The minimum absolute atomic E-state index is 0.605. The van der Waals surface area contributed by atoms with E-state index in [2.05, 4.69) is 41.4 Å². The summed E-state index contributed by atoms with van der Waals surface area (Å²) < 4.78 is 16.5. The van der Waals surface area contributed by atoms with Crippen LogP contribution < -0.4 is 19.5 Å². The number of hydrogen-bond donors (Lipinski definition) is 1. The normalized spacial score (nSPS) is 14.7. The fourth-order valence-electron chi connectivity index (χ4n) is 3.33. The van der Waals surface area contributed by atoms with Crippen molar-refractivity contribution in [1.29, 1.82) is 0 Å². The Morgan fingerprint density at radius 3 is 2.11 bits per heavy atom. The van der Waals surface area contributed by atoms with E-state index in [-0.39, 0.29) is 0 Å². The van der Waals surface area contributed by atoms with Crippen molar-refractivity contribution in [3.63, 3.8) is 0 Å². The summed E-state index contributed by atoms with van der Waals surface area (Å²) in [5.41, 5.74) is 3.26. The minimum Gasteiger partial charge on any atom is -0.493 e. The quantitative estimate of drug-likeness (QED) is 0.613. The number of hydrogen-bond acceptors (Lipinski definition) is 5. The average Bonchev–Trinajstić information content (AvgIpc) is 2.74. The van der Waals surface area contributed by atoms with E-state index < -0.39 is 0 Å². The molecule has 0 spiro atoms. The maximum Gasteiger partial charge on any atom is 0.203 e. The maximum absolute atomic E-state index is 5.51.